The lowest BCUT2D eigenvalue weighted by Crippen LogP contribution is -2.31. The minimum atomic E-state index is 0.0165. The smallest absolute Gasteiger partial charge is 0.256 e. The second-order valence-electron chi connectivity index (χ2n) is 6.53. The third-order valence-electron chi connectivity index (χ3n) is 4.91. The molecule has 7 heteroatoms. The average Bonchev–Trinajstić information content (AvgIpc) is 3.47. The topological polar surface area (TPSA) is 63.9 Å². The molecule has 6 nitrogen and oxygen atoms in total. The molecule has 3 heterocycles. The largest absolute Gasteiger partial charge is 0.329 e. The molecular formula is C20H17N5OS. The number of carbonyl (C=O) groups excluding carboxylic acids is 1. The number of hydrogen-bond donors (Lipinski definition) is 0. The number of benzene rings is 2. The zero-order chi connectivity index (χ0) is 18.2. The molecule has 2 aromatic carbocycles. The molecule has 1 saturated heterocycles. The maximum absolute atomic E-state index is 13.4. The molecule has 134 valence electrons. The quantitative estimate of drug-likeness (QED) is 0.545. The summed E-state index contributed by atoms with van der Waals surface area (Å²) < 4.78 is 2.80. The number of carbonyl (C=O) groups is 1. The van der Waals surface area contributed by atoms with E-state index in [2.05, 4.69) is 16.1 Å². The summed E-state index contributed by atoms with van der Waals surface area (Å²) in [6.07, 6.45) is 5.01. The van der Waals surface area contributed by atoms with E-state index >= 15 is 0 Å². The summed E-state index contributed by atoms with van der Waals surface area (Å²) in [7, 11) is 0. The molecule has 0 bridgehead atoms. The summed E-state index contributed by atoms with van der Waals surface area (Å²) in [5, 5.41) is 5.20. The van der Waals surface area contributed by atoms with Crippen molar-refractivity contribution in [3.63, 3.8) is 0 Å². The van der Waals surface area contributed by atoms with Gasteiger partial charge in [0.05, 0.1) is 27.5 Å². The lowest BCUT2D eigenvalue weighted by atomic mass is 10.1. The van der Waals surface area contributed by atoms with Gasteiger partial charge in [-0.15, -0.1) is 11.3 Å². The minimum Gasteiger partial charge on any atom is -0.329 e. The lowest BCUT2D eigenvalue weighted by molar-refractivity contribution is 0.0735. The van der Waals surface area contributed by atoms with Crippen molar-refractivity contribution in [2.24, 2.45) is 0 Å². The van der Waals surface area contributed by atoms with E-state index in [4.69, 9.17) is 4.98 Å². The number of thiazole rings is 1. The highest BCUT2D eigenvalue weighted by atomic mass is 32.1. The zero-order valence-corrected chi connectivity index (χ0v) is 15.3. The number of fused-ring (bicyclic) bond motifs is 1. The molecule has 27 heavy (non-hydrogen) atoms. The first-order chi connectivity index (χ1) is 13.3. The Labute approximate surface area is 160 Å². The highest BCUT2D eigenvalue weighted by Gasteiger charge is 2.33. The highest BCUT2D eigenvalue weighted by Crippen LogP contribution is 2.37. The van der Waals surface area contributed by atoms with Crippen LogP contribution in [0.1, 0.15) is 34.2 Å². The van der Waals surface area contributed by atoms with Crippen molar-refractivity contribution in [1.82, 2.24) is 24.6 Å². The molecule has 5 rings (SSSR count). The number of amides is 1. The van der Waals surface area contributed by atoms with Crippen LogP contribution >= 0.6 is 11.3 Å². The summed E-state index contributed by atoms with van der Waals surface area (Å²) in [6.45, 7) is 0.741. The normalized spacial score (nSPS) is 16.9. The van der Waals surface area contributed by atoms with Crippen LogP contribution in [0.4, 0.5) is 0 Å². The zero-order valence-electron chi connectivity index (χ0n) is 14.5. The van der Waals surface area contributed by atoms with Crippen molar-refractivity contribution in [3.8, 4) is 5.69 Å². The van der Waals surface area contributed by atoms with Gasteiger partial charge in [-0.25, -0.2) is 14.6 Å². The van der Waals surface area contributed by atoms with Crippen LogP contribution in [0.5, 0.6) is 0 Å². The summed E-state index contributed by atoms with van der Waals surface area (Å²) in [6, 6.07) is 15.7. The Morgan fingerprint density at radius 3 is 2.81 bits per heavy atom. The van der Waals surface area contributed by atoms with Crippen molar-refractivity contribution in [2.45, 2.75) is 18.9 Å². The van der Waals surface area contributed by atoms with E-state index in [1.165, 1.54) is 6.33 Å². The molecule has 1 unspecified atom stereocenters. The number of rotatable bonds is 3. The molecule has 2 aromatic heterocycles. The summed E-state index contributed by atoms with van der Waals surface area (Å²) in [5.41, 5.74) is 2.38. The van der Waals surface area contributed by atoms with Crippen LogP contribution in [0.2, 0.25) is 0 Å². The van der Waals surface area contributed by atoms with Gasteiger partial charge in [-0.2, -0.15) is 5.10 Å². The molecule has 0 spiro atoms. The first kappa shape index (κ1) is 16.1. The molecule has 0 N–H and O–H groups in total. The Hall–Kier alpha value is -3.06. The Kier molecular flexibility index (Phi) is 3.94. The maximum atomic E-state index is 13.4. The van der Waals surface area contributed by atoms with E-state index in [0.29, 0.717) is 5.56 Å². The molecule has 1 aliphatic heterocycles. The molecule has 1 fully saturated rings. The number of likely N-dealkylation sites (tertiary alicyclic amines) is 1. The first-order valence-corrected chi connectivity index (χ1v) is 9.73. The van der Waals surface area contributed by atoms with Crippen LogP contribution in [-0.2, 0) is 0 Å². The van der Waals surface area contributed by atoms with Gasteiger partial charge in [-0.3, -0.25) is 4.79 Å². The predicted molar refractivity (Wildman–Crippen MR) is 104 cm³/mol. The number of aromatic nitrogens is 4. The molecule has 0 aliphatic carbocycles. The van der Waals surface area contributed by atoms with E-state index in [-0.39, 0.29) is 11.9 Å². The van der Waals surface area contributed by atoms with Gasteiger partial charge in [0.15, 0.2) is 0 Å². The standard InChI is InChI=1S/C20H17N5OS/c26-20(14-6-1-3-8-16(14)25-13-21-12-22-25)24-11-5-9-17(24)19-23-15-7-2-4-10-18(15)27-19/h1-4,6-8,10,12-13,17H,5,9,11H2. The van der Waals surface area contributed by atoms with Crippen LogP contribution in [0.3, 0.4) is 0 Å². The van der Waals surface area contributed by atoms with Crippen LogP contribution in [0.25, 0.3) is 15.9 Å². The van der Waals surface area contributed by atoms with Gasteiger partial charge in [0.25, 0.3) is 5.91 Å². The van der Waals surface area contributed by atoms with Crippen molar-refractivity contribution in [1.29, 1.82) is 0 Å². The summed E-state index contributed by atoms with van der Waals surface area (Å²) in [4.78, 5) is 24.1. The van der Waals surface area contributed by atoms with E-state index in [9.17, 15) is 4.79 Å². The first-order valence-electron chi connectivity index (χ1n) is 8.92. The summed E-state index contributed by atoms with van der Waals surface area (Å²) in [5.74, 6) is 0.0165. The SMILES string of the molecule is O=C(c1ccccc1-n1cncn1)N1CCCC1c1nc2ccccc2s1. The third-order valence-corrected chi connectivity index (χ3v) is 6.05. The fraction of sp³-hybridized carbons (Fsp3) is 0.200. The number of hydrogen-bond acceptors (Lipinski definition) is 5. The molecule has 1 atom stereocenters. The maximum Gasteiger partial charge on any atom is 0.256 e. The van der Waals surface area contributed by atoms with E-state index in [1.54, 1.807) is 22.3 Å². The molecule has 0 radical (unpaired) electrons. The molecule has 1 amide bonds. The van der Waals surface area contributed by atoms with Crippen molar-refractivity contribution >= 4 is 27.5 Å². The Bertz CT molecular complexity index is 1070. The fourth-order valence-corrected chi connectivity index (χ4v) is 4.76. The number of para-hydroxylation sites is 2. The Morgan fingerprint density at radius 1 is 1.11 bits per heavy atom. The number of nitrogens with zero attached hydrogens (tertiary/aromatic N) is 5. The van der Waals surface area contributed by atoms with Gasteiger partial charge >= 0.3 is 0 Å². The van der Waals surface area contributed by atoms with Gasteiger partial charge in [0, 0.05) is 6.54 Å². The molecule has 0 saturated carbocycles. The van der Waals surface area contributed by atoms with Crippen LogP contribution < -0.4 is 0 Å². The Balaban J connectivity index is 1.51. The monoisotopic (exact) mass is 375 g/mol. The predicted octanol–water partition coefficient (Wildman–Crippen LogP) is 3.85. The minimum absolute atomic E-state index is 0.0165. The fourth-order valence-electron chi connectivity index (χ4n) is 3.64. The summed E-state index contributed by atoms with van der Waals surface area (Å²) >= 11 is 1.68. The van der Waals surface area contributed by atoms with Gasteiger partial charge < -0.3 is 4.90 Å². The second-order valence-corrected chi connectivity index (χ2v) is 7.60. The van der Waals surface area contributed by atoms with Crippen molar-refractivity contribution < 1.29 is 4.79 Å². The van der Waals surface area contributed by atoms with Gasteiger partial charge in [0.2, 0.25) is 0 Å². The van der Waals surface area contributed by atoms with E-state index < -0.39 is 0 Å². The highest BCUT2D eigenvalue weighted by molar-refractivity contribution is 7.18. The molecule has 1 aliphatic rings. The second kappa shape index (κ2) is 6.59. The molecule has 4 aromatic rings. The van der Waals surface area contributed by atoms with E-state index in [1.807, 2.05) is 47.4 Å². The van der Waals surface area contributed by atoms with Crippen molar-refractivity contribution in [3.05, 3.63) is 71.8 Å². The van der Waals surface area contributed by atoms with Gasteiger partial charge in [-0.05, 0) is 37.1 Å². The van der Waals surface area contributed by atoms with Crippen LogP contribution in [0.15, 0.2) is 61.2 Å². The van der Waals surface area contributed by atoms with Crippen molar-refractivity contribution in [2.75, 3.05) is 6.54 Å². The van der Waals surface area contributed by atoms with Gasteiger partial charge in [0.1, 0.15) is 17.7 Å². The Morgan fingerprint density at radius 2 is 1.96 bits per heavy atom. The van der Waals surface area contributed by atoms with E-state index in [0.717, 1.165) is 40.3 Å². The van der Waals surface area contributed by atoms with Crippen LogP contribution in [0, 0.1) is 0 Å². The van der Waals surface area contributed by atoms with Gasteiger partial charge in [-0.1, -0.05) is 24.3 Å². The third kappa shape index (κ3) is 2.80. The average molecular weight is 375 g/mol. The van der Waals surface area contributed by atoms with Crippen LogP contribution in [-0.4, -0.2) is 37.1 Å². The lowest BCUT2D eigenvalue weighted by Gasteiger charge is -2.24. The molecular weight excluding hydrogens is 358 g/mol.